The van der Waals surface area contributed by atoms with E-state index in [1.165, 1.54) is 32.4 Å². The molecule has 6 nitrogen and oxygen atoms in total. The highest BCUT2D eigenvalue weighted by molar-refractivity contribution is 5.97. The molecule has 0 heterocycles. The number of nitrogen functional groups attached to an aromatic ring is 1. The topological polar surface area (TPSA) is 90.6 Å². The van der Waals surface area contributed by atoms with Crippen LogP contribution in [0.15, 0.2) is 18.2 Å². The molecule has 6 heteroatoms. The molecule has 0 aromatic heterocycles. The maximum atomic E-state index is 11.3. The summed E-state index contributed by atoms with van der Waals surface area (Å²) in [5.74, 6) is -0.795. The standard InChI is InChI=1S/C11H14N2O4/c1-16-6-10(14)13-9-4-3-7(5-8(9)12)11(15)17-2/h3-5H,6,12H2,1-2H3,(H,13,14). The Bertz CT molecular complexity index is 431. The van der Waals surface area contributed by atoms with Crippen molar-refractivity contribution in [2.24, 2.45) is 0 Å². The van der Waals surface area contributed by atoms with Gasteiger partial charge in [0.2, 0.25) is 5.91 Å². The van der Waals surface area contributed by atoms with Gasteiger partial charge in [-0.3, -0.25) is 4.79 Å². The Hall–Kier alpha value is -2.08. The van der Waals surface area contributed by atoms with Crippen molar-refractivity contribution >= 4 is 23.3 Å². The molecule has 1 amide bonds. The fraction of sp³-hybridized carbons (Fsp3) is 0.273. The number of hydrogen-bond donors (Lipinski definition) is 2. The van der Waals surface area contributed by atoms with E-state index in [9.17, 15) is 9.59 Å². The molecule has 0 spiro atoms. The van der Waals surface area contributed by atoms with Gasteiger partial charge in [0.1, 0.15) is 6.61 Å². The third-order valence-electron chi connectivity index (χ3n) is 2.02. The van der Waals surface area contributed by atoms with Crippen LogP contribution in [0.2, 0.25) is 0 Å². The lowest BCUT2D eigenvalue weighted by atomic mass is 10.1. The van der Waals surface area contributed by atoms with Gasteiger partial charge in [-0.2, -0.15) is 0 Å². The van der Waals surface area contributed by atoms with Crippen LogP contribution in [-0.2, 0) is 14.3 Å². The van der Waals surface area contributed by atoms with Gasteiger partial charge in [0.25, 0.3) is 0 Å². The second-order valence-electron chi connectivity index (χ2n) is 3.27. The molecule has 1 rings (SSSR count). The lowest BCUT2D eigenvalue weighted by Gasteiger charge is -2.08. The molecule has 0 aliphatic carbocycles. The maximum absolute atomic E-state index is 11.3. The number of esters is 1. The molecule has 0 fully saturated rings. The van der Waals surface area contributed by atoms with Gasteiger partial charge in [-0.1, -0.05) is 0 Å². The molecular weight excluding hydrogens is 224 g/mol. The molecule has 1 aromatic carbocycles. The molecular formula is C11H14N2O4. The number of nitrogens with two attached hydrogens (primary N) is 1. The van der Waals surface area contributed by atoms with Gasteiger partial charge in [-0.15, -0.1) is 0 Å². The first-order valence-electron chi connectivity index (χ1n) is 4.85. The van der Waals surface area contributed by atoms with E-state index in [-0.39, 0.29) is 18.2 Å². The molecule has 1 aromatic rings. The first-order valence-corrected chi connectivity index (χ1v) is 4.85. The van der Waals surface area contributed by atoms with Gasteiger partial charge in [-0.05, 0) is 18.2 Å². The van der Waals surface area contributed by atoms with Crippen molar-refractivity contribution in [3.8, 4) is 0 Å². The second kappa shape index (κ2) is 5.86. The molecule has 92 valence electrons. The van der Waals surface area contributed by atoms with E-state index in [0.717, 1.165) is 0 Å². The third-order valence-corrected chi connectivity index (χ3v) is 2.02. The number of carbonyl (C=O) groups excluding carboxylic acids is 2. The first kappa shape index (κ1) is 13.0. The zero-order chi connectivity index (χ0) is 12.8. The highest BCUT2D eigenvalue weighted by Crippen LogP contribution is 2.20. The van der Waals surface area contributed by atoms with Gasteiger partial charge in [0.15, 0.2) is 0 Å². The van der Waals surface area contributed by atoms with Gasteiger partial charge in [0.05, 0.1) is 24.0 Å². The summed E-state index contributed by atoms with van der Waals surface area (Å²) in [5, 5.41) is 2.55. The van der Waals surface area contributed by atoms with Gasteiger partial charge < -0.3 is 20.5 Å². The monoisotopic (exact) mass is 238 g/mol. The largest absolute Gasteiger partial charge is 0.465 e. The smallest absolute Gasteiger partial charge is 0.337 e. The number of amides is 1. The molecule has 0 unspecified atom stereocenters. The van der Waals surface area contributed by atoms with Crippen molar-refractivity contribution in [2.75, 3.05) is 31.9 Å². The lowest BCUT2D eigenvalue weighted by Crippen LogP contribution is -2.18. The van der Waals surface area contributed by atoms with Crippen LogP contribution in [0.25, 0.3) is 0 Å². The number of rotatable bonds is 4. The van der Waals surface area contributed by atoms with Crippen molar-refractivity contribution in [1.29, 1.82) is 0 Å². The normalized spacial score (nSPS) is 9.76. The predicted molar refractivity (Wildman–Crippen MR) is 62.7 cm³/mol. The fourth-order valence-corrected chi connectivity index (χ4v) is 1.24. The lowest BCUT2D eigenvalue weighted by molar-refractivity contribution is -0.119. The van der Waals surface area contributed by atoms with Crippen molar-refractivity contribution in [3.63, 3.8) is 0 Å². The number of anilines is 2. The van der Waals surface area contributed by atoms with Crippen molar-refractivity contribution in [2.45, 2.75) is 0 Å². The summed E-state index contributed by atoms with van der Waals surface area (Å²) in [7, 11) is 2.70. The Balaban J connectivity index is 2.83. The number of benzene rings is 1. The quantitative estimate of drug-likeness (QED) is 0.593. The average Bonchev–Trinajstić information content (AvgIpc) is 2.31. The second-order valence-corrected chi connectivity index (χ2v) is 3.27. The summed E-state index contributed by atoms with van der Waals surface area (Å²) in [6.07, 6.45) is 0. The molecule has 0 radical (unpaired) electrons. The number of carbonyl (C=O) groups is 2. The van der Waals surface area contributed by atoms with Crippen LogP contribution in [0.4, 0.5) is 11.4 Å². The molecule has 0 aliphatic rings. The number of hydrogen-bond acceptors (Lipinski definition) is 5. The van der Waals surface area contributed by atoms with Crippen LogP contribution in [0.3, 0.4) is 0 Å². The van der Waals surface area contributed by atoms with Crippen molar-refractivity contribution in [1.82, 2.24) is 0 Å². The minimum absolute atomic E-state index is 0.0573. The Morgan fingerprint density at radius 2 is 2.06 bits per heavy atom. The van der Waals surface area contributed by atoms with Crippen LogP contribution >= 0.6 is 0 Å². The van der Waals surface area contributed by atoms with E-state index in [1.54, 1.807) is 0 Å². The summed E-state index contributed by atoms with van der Waals surface area (Å²) in [6.45, 7) is -0.0573. The highest BCUT2D eigenvalue weighted by Gasteiger charge is 2.09. The molecule has 17 heavy (non-hydrogen) atoms. The third kappa shape index (κ3) is 3.46. The van der Waals surface area contributed by atoms with E-state index in [2.05, 4.69) is 14.8 Å². The van der Waals surface area contributed by atoms with Gasteiger partial charge in [-0.25, -0.2) is 4.79 Å². The van der Waals surface area contributed by atoms with Crippen molar-refractivity contribution in [3.05, 3.63) is 23.8 Å². The van der Waals surface area contributed by atoms with Gasteiger partial charge >= 0.3 is 5.97 Å². The van der Waals surface area contributed by atoms with Crippen LogP contribution in [0, 0.1) is 0 Å². The molecule has 0 saturated heterocycles. The number of nitrogens with one attached hydrogen (secondary N) is 1. The predicted octanol–water partition coefficient (Wildman–Crippen LogP) is 0.640. The van der Waals surface area contributed by atoms with E-state index >= 15 is 0 Å². The van der Waals surface area contributed by atoms with Crippen LogP contribution in [0.1, 0.15) is 10.4 Å². The number of ether oxygens (including phenoxy) is 2. The Morgan fingerprint density at radius 1 is 1.35 bits per heavy atom. The molecule has 0 atom stereocenters. The Labute approximate surface area is 98.7 Å². The van der Waals surface area contributed by atoms with Crippen LogP contribution < -0.4 is 11.1 Å². The highest BCUT2D eigenvalue weighted by atomic mass is 16.5. The summed E-state index contributed by atoms with van der Waals surface area (Å²) < 4.78 is 9.22. The SMILES string of the molecule is COCC(=O)Nc1ccc(C(=O)OC)cc1N. The minimum atomic E-state index is -0.480. The first-order chi connectivity index (χ1) is 8.08. The maximum Gasteiger partial charge on any atom is 0.337 e. The van der Waals surface area contributed by atoms with Gasteiger partial charge in [0, 0.05) is 7.11 Å². The molecule has 0 aliphatic heterocycles. The molecule has 0 bridgehead atoms. The average molecular weight is 238 g/mol. The van der Waals surface area contributed by atoms with Crippen LogP contribution in [-0.4, -0.2) is 32.7 Å². The summed E-state index contributed by atoms with van der Waals surface area (Å²) in [5.41, 5.74) is 6.74. The van der Waals surface area contributed by atoms with Crippen LogP contribution in [0.5, 0.6) is 0 Å². The van der Waals surface area contributed by atoms with E-state index in [4.69, 9.17) is 5.73 Å². The van der Waals surface area contributed by atoms with E-state index in [1.807, 2.05) is 0 Å². The minimum Gasteiger partial charge on any atom is -0.465 e. The number of methoxy groups -OCH3 is 2. The molecule has 3 N–H and O–H groups in total. The van der Waals surface area contributed by atoms with E-state index in [0.29, 0.717) is 11.3 Å². The summed E-state index contributed by atoms with van der Waals surface area (Å²) in [4.78, 5) is 22.5. The fourth-order valence-electron chi connectivity index (χ4n) is 1.24. The Morgan fingerprint density at radius 3 is 2.59 bits per heavy atom. The summed E-state index contributed by atoms with van der Waals surface area (Å²) in [6, 6.07) is 4.49. The van der Waals surface area contributed by atoms with Crippen molar-refractivity contribution < 1.29 is 19.1 Å². The zero-order valence-corrected chi connectivity index (χ0v) is 9.65. The summed E-state index contributed by atoms with van der Waals surface area (Å²) >= 11 is 0. The van der Waals surface area contributed by atoms with E-state index < -0.39 is 5.97 Å². The molecule has 0 saturated carbocycles. The zero-order valence-electron chi connectivity index (χ0n) is 9.65. The Kier molecular flexibility index (Phi) is 4.47.